The van der Waals surface area contributed by atoms with Crippen LogP contribution in [0.15, 0.2) is 11.6 Å². The highest BCUT2D eigenvalue weighted by molar-refractivity contribution is 6.29. The Balaban J connectivity index is 3.28. The summed E-state index contributed by atoms with van der Waals surface area (Å²) < 4.78 is 4.87. The predicted octanol–water partition coefficient (Wildman–Crippen LogP) is -0.170. The number of rotatable bonds is 6. The second-order valence-corrected chi connectivity index (χ2v) is 2.67. The number of amides is 1. The van der Waals surface area contributed by atoms with Crippen molar-refractivity contribution in [3.8, 4) is 0 Å². The van der Waals surface area contributed by atoms with Gasteiger partial charge >= 0.3 is 0 Å². The van der Waals surface area contributed by atoms with E-state index in [9.17, 15) is 4.79 Å². The molecule has 0 spiro atoms. The molecule has 12 heavy (non-hydrogen) atoms. The van der Waals surface area contributed by atoms with Crippen molar-refractivity contribution in [2.45, 2.75) is 0 Å². The minimum absolute atomic E-state index is 0.0152. The molecule has 5 heteroatoms. The number of nitrogens with one attached hydrogen (secondary N) is 1. The molecule has 70 valence electrons. The predicted molar refractivity (Wildman–Crippen MR) is 47.9 cm³/mol. The van der Waals surface area contributed by atoms with Gasteiger partial charge in [-0.2, -0.15) is 0 Å². The standard InChI is InChI=1S/C7H13ClN2O2/c1-6(8)4-10-7(11)5-12-3-2-9/h1-5,9H2,(H,10,11). The van der Waals surface area contributed by atoms with E-state index in [1.54, 1.807) is 0 Å². The van der Waals surface area contributed by atoms with Crippen LogP contribution in [0.2, 0.25) is 0 Å². The normalized spacial score (nSPS) is 9.50. The van der Waals surface area contributed by atoms with E-state index in [4.69, 9.17) is 22.1 Å². The smallest absolute Gasteiger partial charge is 0.246 e. The third kappa shape index (κ3) is 7.53. The number of nitrogens with two attached hydrogens (primary N) is 1. The van der Waals surface area contributed by atoms with Crippen LogP contribution in [0.25, 0.3) is 0 Å². The van der Waals surface area contributed by atoms with Crippen molar-refractivity contribution in [3.05, 3.63) is 11.6 Å². The van der Waals surface area contributed by atoms with E-state index in [0.29, 0.717) is 18.2 Å². The molecule has 0 saturated carbocycles. The van der Waals surface area contributed by atoms with Crippen LogP contribution in [0.3, 0.4) is 0 Å². The Morgan fingerprint density at radius 2 is 2.33 bits per heavy atom. The first kappa shape index (κ1) is 11.4. The maximum Gasteiger partial charge on any atom is 0.246 e. The van der Waals surface area contributed by atoms with Crippen LogP contribution >= 0.6 is 11.6 Å². The highest BCUT2D eigenvalue weighted by Gasteiger charge is 1.99. The SMILES string of the molecule is C=C(Cl)CNC(=O)COCCN. The van der Waals surface area contributed by atoms with E-state index in [-0.39, 0.29) is 19.1 Å². The first-order chi connectivity index (χ1) is 5.66. The first-order valence-corrected chi connectivity index (χ1v) is 3.92. The van der Waals surface area contributed by atoms with Crippen molar-refractivity contribution >= 4 is 17.5 Å². The van der Waals surface area contributed by atoms with Crippen molar-refractivity contribution in [3.63, 3.8) is 0 Å². The summed E-state index contributed by atoms with van der Waals surface area (Å²) in [5, 5.41) is 2.90. The second kappa shape index (κ2) is 7.09. The molecule has 0 atom stereocenters. The second-order valence-electron chi connectivity index (χ2n) is 2.14. The Morgan fingerprint density at radius 1 is 1.67 bits per heavy atom. The van der Waals surface area contributed by atoms with Gasteiger partial charge in [-0.15, -0.1) is 0 Å². The Kier molecular flexibility index (Phi) is 6.75. The molecule has 0 rings (SSSR count). The zero-order chi connectivity index (χ0) is 9.40. The summed E-state index contributed by atoms with van der Waals surface area (Å²) in [6.07, 6.45) is 0. The fourth-order valence-corrected chi connectivity index (χ4v) is 0.561. The lowest BCUT2D eigenvalue weighted by Gasteiger charge is -2.03. The molecule has 0 saturated heterocycles. The molecule has 0 aromatic rings. The van der Waals surface area contributed by atoms with Gasteiger partial charge < -0.3 is 15.8 Å². The van der Waals surface area contributed by atoms with Crippen molar-refractivity contribution in [1.29, 1.82) is 0 Å². The summed E-state index contributed by atoms with van der Waals surface area (Å²) in [5.74, 6) is -0.217. The molecule has 0 aliphatic heterocycles. The number of halogens is 1. The third-order valence-corrected chi connectivity index (χ3v) is 1.11. The average Bonchev–Trinajstić information content (AvgIpc) is 2.01. The molecule has 0 radical (unpaired) electrons. The minimum atomic E-state index is -0.217. The largest absolute Gasteiger partial charge is 0.370 e. The Labute approximate surface area is 76.7 Å². The van der Waals surface area contributed by atoms with Gasteiger partial charge in [-0.1, -0.05) is 18.2 Å². The molecule has 0 aliphatic carbocycles. The van der Waals surface area contributed by atoms with Gasteiger partial charge in [0.15, 0.2) is 0 Å². The number of carbonyl (C=O) groups excluding carboxylic acids is 1. The van der Waals surface area contributed by atoms with Crippen molar-refractivity contribution in [2.24, 2.45) is 5.73 Å². The van der Waals surface area contributed by atoms with Crippen LogP contribution in [0.1, 0.15) is 0 Å². The molecule has 0 aromatic heterocycles. The summed E-state index contributed by atoms with van der Waals surface area (Å²) in [7, 11) is 0. The maximum absolute atomic E-state index is 10.8. The lowest BCUT2D eigenvalue weighted by molar-refractivity contribution is -0.125. The van der Waals surface area contributed by atoms with E-state index in [1.807, 2.05) is 0 Å². The summed E-state index contributed by atoms with van der Waals surface area (Å²) in [5.41, 5.74) is 5.14. The Hall–Kier alpha value is -0.580. The third-order valence-electron chi connectivity index (χ3n) is 0.973. The van der Waals surface area contributed by atoms with Gasteiger partial charge in [0.25, 0.3) is 0 Å². The number of ether oxygens (including phenoxy) is 1. The van der Waals surface area contributed by atoms with Gasteiger partial charge in [-0.3, -0.25) is 4.79 Å². The first-order valence-electron chi connectivity index (χ1n) is 3.54. The molecule has 0 aromatic carbocycles. The quantitative estimate of drug-likeness (QED) is 0.575. The van der Waals surface area contributed by atoms with E-state index in [0.717, 1.165) is 0 Å². The van der Waals surface area contributed by atoms with Gasteiger partial charge in [0.1, 0.15) is 6.61 Å². The van der Waals surface area contributed by atoms with Crippen LogP contribution in [0, 0.1) is 0 Å². The minimum Gasteiger partial charge on any atom is -0.370 e. The van der Waals surface area contributed by atoms with Crippen LogP contribution in [0.4, 0.5) is 0 Å². The summed E-state index contributed by atoms with van der Waals surface area (Å²) >= 11 is 5.41. The summed E-state index contributed by atoms with van der Waals surface area (Å²) in [6, 6.07) is 0. The zero-order valence-corrected chi connectivity index (χ0v) is 7.56. The fraction of sp³-hybridized carbons (Fsp3) is 0.571. The van der Waals surface area contributed by atoms with Crippen molar-refractivity contribution < 1.29 is 9.53 Å². The van der Waals surface area contributed by atoms with E-state index in [2.05, 4.69) is 11.9 Å². The number of hydrogen-bond donors (Lipinski definition) is 2. The van der Waals surface area contributed by atoms with Crippen molar-refractivity contribution in [1.82, 2.24) is 5.32 Å². The topological polar surface area (TPSA) is 64.3 Å². The number of hydrogen-bond acceptors (Lipinski definition) is 3. The highest BCUT2D eigenvalue weighted by Crippen LogP contribution is 1.91. The molecular weight excluding hydrogens is 180 g/mol. The molecule has 0 heterocycles. The fourth-order valence-electron chi connectivity index (χ4n) is 0.494. The zero-order valence-electron chi connectivity index (χ0n) is 6.81. The van der Waals surface area contributed by atoms with Gasteiger partial charge in [-0.25, -0.2) is 0 Å². The molecule has 0 aliphatic rings. The highest BCUT2D eigenvalue weighted by atomic mass is 35.5. The molecule has 0 unspecified atom stereocenters. The molecule has 0 fully saturated rings. The van der Waals surface area contributed by atoms with Crippen molar-refractivity contribution in [2.75, 3.05) is 26.3 Å². The van der Waals surface area contributed by atoms with Gasteiger partial charge in [-0.05, 0) is 0 Å². The Morgan fingerprint density at radius 3 is 2.83 bits per heavy atom. The average molecular weight is 193 g/mol. The van der Waals surface area contributed by atoms with Crippen LogP contribution in [-0.4, -0.2) is 32.2 Å². The van der Waals surface area contributed by atoms with Gasteiger partial charge in [0.2, 0.25) is 5.91 Å². The molecular formula is C7H13ClN2O2. The lowest BCUT2D eigenvalue weighted by atomic mass is 10.5. The monoisotopic (exact) mass is 192 g/mol. The van der Waals surface area contributed by atoms with Gasteiger partial charge in [0.05, 0.1) is 13.2 Å². The number of carbonyl (C=O) groups is 1. The van der Waals surface area contributed by atoms with Crippen LogP contribution in [-0.2, 0) is 9.53 Å². The molecule has 1 amide bonds. The summed E-state index contributed by atoms with van der Waals surface area (Å²) in [4.78, 5) is 10.8. The van der Waals surface area contributed by atoms with Crippen LogP contribution < -0.4 is 11.1 Å². The molecule has 4 nitrogen and oxygen atoms in total. The summed E-state index contributed by atoms with van der Waals surface area (Å²) in [6.45, 7) is 4.50. The van der Waals surface area contributed by atoms with E-state index >= 15 is 0 Å². The molecule has 0 bridgehead atoms. The Bertz CT molecular complexity index is 161. The molecule has 3 N–H and O–H groups in total. The van der Waals surface area contributed by atoms with Crippen LogP contribution in [0.5, 0.6) is 0 Å². The van der Waals surface area contributed by atoms with E-state index < -0.39 is 0 Å². The van der Waals surface area contributed by atoms with E-state index in [1.165, 1.54) is 0 Å². The lowest BCUT2D eigenvalue weighted by Crippen LogP contribution is -2.29. The maximum atomic E-state index is 10.8. The van der Waals surface area contributed by atoms with Gasteiger partial charge in [0, 0.05) is 11.6 Å².